The monoisotopic (exact) mass is 305 g/mol. The van der Waals surface area contributed by atoms with E-state index in [4.69, 9.17) is 0 Å². The Balaban J connectivity index is 1.51. The van der Waals surface area contributed by atoms with Gasteiger partial charge in [-0.3, -0.25) is 9.69 Å². The first-order valence-corrected chi connectivity index (χ1v) is 7.98. The molecule has 0 saturated carbocycles. The lowest BCUT2D eigenvalue weighted by Gasteiger charge is -2.28. The molecular formula is C19H19N3O. The molecule has 1 aromatic heterocycles. The second-order valence-electron chi connectivity index (χ2n) is 6.21. The normalized spacial score (nSPS) is 14.8. The minimum absolute atomic E-state index is 0.165. The third kappa shape index (κ3) is 2.78. The summed E-state index contributed by atoms with van der Waals surface area (Å²) in [6.45, 7) is 4.18. The Morgan fingerprint density at radius 1 is 1.22 bits per heavy atom. The molecule has 0 amide bonds. The number of carbonyl (C=O) groups excluding carboxylic acids is 1. The van der Waals surface area contributed by atoms with Crippen LogP contribution in [-0.2, 0) is 13.0 Å². The Hall–Kier alpha value is -2.46. The van der Waals surface area contributed by atoms with E-state index in [-0.39, 0.29) is 5.78 Å². The molecule has 4 heteroatoms. The van der Waals surface area contributed by atoms with Crippen LogP contribution < -0.4 is 0 Å². The van der Waals surface area contributed by atoms with Crippen LogP contribution in [0.5, 0.6) is 0 Å². The van der Waals surface area contributed by atoms with E-state index in [1.54, 1.807) is 0 Å². The molecule has 0 atom stereocenters. The van der Waals surface area contributed by atoms with Crippen molar-refractivity contribution < 1.29 is 4.79 Å². The SMILES string of the molecule is Cc1nc2ccc(C(=O)CN3CCc4ccccc4C3)cc2[nH]1. The molecule has 23 heavy (non-hydrogen) atoms. The molecule has 2 aromatic carbocycles. The summed E-state index contributed by atoms with van der Waals surface area (Å²) in [5.74, 6) is 1.04. The number of benzene rings is 2. The molecule has 0 aliphatic carbocycles. The van der Waals surface area contributed by atoms with Crippen molar-refractivity contribution in [3.8, 4) is 0 Å². The lowest BCUT2D eigenvalue weighted by molar-refractivity contribution is 0.0921. The van der Waals surface area contributed by atoms with Crippen LogP contribution in [0, 0.1) is 6.92 Å². The summed E-state index contributed by atoms with van der Waals surface area (Å²) in [7, 11) is 0. The van der Waals surface area contributed by atoms with Crippen LogP contribution >= 0.6 is 0 Å². The van der Waals surface area contributed by atoms with Crippen molar-refractivity contribution >= 4 is 16.8 Å². The molecule has 116 valence electrons. The minimum Gasteiger partial charge on any atom is -0.342 e. The van der Waals surface area contributed by atoms with Crippen LogP contribution in [0.15, 0.2) is 42.5 Å². The second kappa shape index (κ2) is 5.63. The van der Waals surface area contributed by atoms with Crippen molar-refractivity contribution in [2.45, 2.75) is 19.9 Å². The standard InChI is InChI=1S/C19H19N3O/c1-13-20-17-7-6-15(10-18(17)21-13)19(23)12-22-9-8-14-4-2-3-5-16(14)11-22/h2-7,10H,8-9,11-12H2,1H3,(H,20,21). The number of nitrogens with zero attached hydrogens (tertiary/aromatic N) is 2. The van der Waals surface area contributed by atoms with Crippen LogP contribution in [0.3, 0.4) is 0 Å². The van der Waals surface area contributed by atoms with E-state index in [0.717, 1.165) is 41.9 Å². The molecule has 1 aliphatic rings. The summed E-state index contributed by atoms with van der Waals surface area (Å²) in [6, 6.07) is 14.2. The van der Waals surface area contributed by atoms with Gasteiger partial charge in [0.05, 0.1) is 17.6 Å². The number of aryl methyl sites for hydroxylation is 1. The zero-order valence-corrected chi connectivity index (χ0v) is 13.2. The molecule has 0 fully saturated rings. The molecule has 2 heterocycles. The summed E-state index contributed by atoms with van der Waals surface area (Å²) < 4.78 is 0. The predicted molar refractivity (Wildman–Crippen MR) is 90.6 cm³/mol. The number of nitrogens with one attached hydrogen (secondary N) is 1. The van der Waals surface area contributed by atoms with E-state index in [9.17, 15) is 4.79 Å². The number of rotatable bonds is 3. The highest BCUT2D eigenvalue weighted by Crippen LogP contribution is 2.19. The highest BCUT2D eigenvalue weighted by atomic mass is 16.1. The topological polar surface area (TPSA) is 49.0 Å². The van der Waals surface area contributed by atoms with Crippen LogP contribution in [0.4, 0.5) is 0 Å². The number of H-pyrrole nitrogens is 1. The molecule has 4 rings (SSSR count). The highest BCUT2D eigenvalue weighted by Gasteiger charge is 2.19. The van der Waals surface area contributed by atoms with Gasteiger partial charge in [-0.1, -0.05) is 24.3 Å². The zero-order chi connectivity index (χ0) is 15.8. The number of hydrogen-bond acceptors (Lipinski definition) is 3. The first kappa shape index (κ1) is 14.2. The summed E-state index contributed by atoms with van der Waals surface area (Å²) >= 11 is 0. The zero-order valence-electron chi connectivity index (χ0n) is 13.2. The van der Waals surface area contributed by atoms with E-state index < -0.39 is 0 Å². The second-order valence-corrected chi connectivity index (χ2v) is 6.21. The smallest absolute Gasteiger partial charge is 0.176 e. The number of imidazole rings is 1. The van der Waals surface area contributed by atoms with Crippen molar-refractivity contribution in [2.75, 3.05) is 13.1 Å². The van der Waals surface area contributed by atoms with Gasteiger partial charge in [0.1, 0.15) is 5.82 Å². The van der Waals surface area contributed by atoms with E-state index >= 15 is 0 Å². The molecule has 1 aliphatic heterocycles. The maximum atomic E-state index is 12.6. The summed E-state index contributed by atoms with van der Waals surface area (Å²) in [5.41, 5.74) is 5.33. The number of hydrogen-bond donors (Lipinski definition) is 1. The van der Waals surface area contributed by atoms with Crippen molar-refractivity contribution in [2.24, 2.45) is 0 Å². The Bertz CT molecular complexity index is 881. The third-order valence-electron chi connectivity index (χ3n) is 4.50. The molecule has 0 spiro atoms. The van der Waals surface area contributed by atoms with Crippen LogP contribution in [0.1, 0.15) is 27.3 Å². The number of ketones is 1. The van der Waals surface area contributed by atoms with Crippen molar-refractivity contribution in [1.82, 2.24) is 14.9 Å². The summed E-state index contributed by atoms with van der Waals surface area (Å²) in [4.78, 5) is 22.4. The van der Waals surface area contributed by atoms with Crippen LogP contribution in [-0.4, -0.2) is 33.7 Å². The quantitative estimate of drug-likeness (QED) is 0.756. The number of carbonyl (C=O) groups is 1. The van der Waals surface area contributed by atoms with Gasteiger partial charge in [-0.05, 0) is 42.7 Å². The van der Waals surface area contributed by atoms with Crippen LogP contribution in [0.25, 0.3) is 11.0 Å². The van der Waals surface area contributed by atoms with Gasteiger partial charge < -0.3 is 4.98 Å². The Labute approximate surface area is 135 Å². The lowest BCUT2D eigenvalue weighted by Crippen LogP contribution is -2.34. The van der Waals surface area contributed by atoms with E-state index in [1.807, 2.05) is 25.1 Å². The van der Waals surface area contributed by atoms with Gasteiger partial charge in [0, 0.05) is 18.7 Å². The van der Waals surface area contributed by atoms with Gasteiger partial charge in [-0.2, -0.15) is 0 Å². The molecule has 4 nitrogen and oxygen atoms in total. The van der Waals surface area contributed by atoms with Crippen molar-refractivity contribution in [1.29, 1.82) is 0 Å². The van der Waals surface area contributed by atoms with Crippen molar-refractivity contribution in [3.63, 3.8) is 0 Å². The van der Waals surface area contributed by atoms with Gasteiger partial charge in [0.25, 0.3) is 0 Å². The predicted octanol–water partition coefficient (Wildman–Crippen LogP) is 3.11. The van der Waals surface area contributed by atoms with E-state index in [2.05, 4.69) is 39.1 Å². The number of fused-ring (bicyclic) bond motifs is 2. The first-order valence-electron chi connectivity index (χ1n) is 7.98. The number of aromatic amines is 1. The fourth-order valence-corrected chi connectivity index (χ4v) is 3.29. The van der Waals surface area contributed by atoms with E-state index in [0.29, 0.717) is 6.54 Å². The fourth-order valence-electron chi connectivity index (χ4n) is 3.29. The number of aromatic nitrogens is 2. The lowest BCUT2D eigenvalue weighted by atomic mass is 9.99. The van der Waals surface area contributed by atoms with Crippen LogP contribution in [0.2, 0.25) is 0 Å². The molecule has 0 bridgehead atoms. The largest absolute Gasteiger partial charge is 0.342 e. The average molecular weight is 305 g/mol. The van der Waals surface area contributed by atoms with Gasteiger partial charge >= 0.3 is 0 Å². The maximum absolute atomic E-state index is 12.6. The summed E-state index contributed by atoms with van der Waals surface area (Å²) in [5, 5.41) is 0. The molecule has 0 unspecified atom stereocenters. The first-order chi connectivity index (χ1) is 11.2. The van der Waals surface area contributed by atoms with Gasteiger partial charge in [-0.15, -0.1) is 0 Å². The Kier molecular flexibility index (Phi) is 3.46. The Morgan fingerprint density at radius 2 is 2.04 bits per heavy atom. The van der Waals surface area contributed by atoms with E-state index in [1.165, 1.54) is 11.1 Å². The highest BCUT2D eigenvalue weighted by molar-refractivity contribution is 6.00. The average Bonchev–Trinajstić information content (AvgIpc) is 2.93. The third-order valence-corrected chi connectivity index (χ3v) is 4.50. The Morgan fingerprint density at radius 3 is 2.91 bits per heavy atom. The molecule has 0 radical (unpaired) electrons. The van der Waals surface area contributed by atoms with Gasteiger partial charge in [0.2, 0.25) is 0 Å². The maximum Gasteiger partial charge on any atom is 0.176 e. The number of Topliss-reactive ketones (excluding diaryl/α,β-unsaturated/α-hetero) is 1. The van der Waals surface area contributed by atoms with Gasteiger partial charge in [-0.25, -0.2) is 4.98 Å². The fraction of sp³-hybridized carbons (Fsp3) is 0.263. The van der Waals surface area contributed by atoms with Gasteiger partial charge in [0.15, 0.2) is 5.78 Å². The minimum atomic E-state index is 0.165. The molecule has 0 saturated heterocycles. The summed E-state index contributed by atoms with van der Waals surface area (Å²) in [6.07, 6.45) is 1.02. The molecular weight excluding hydrogens is 286 g/mol. The molecule has 3 aromatic rings. The molecule has 1 N–H and O–H groups in total. The van der Waals surface area contributed by atoms with Crippen molar-refractivity contribution in [3.05, 3.63) is 65.0 Å².